The maximum Gasteiger partial charge on any atom is 0.312 e. The molecule has 0 spiro atoms. The molecule has 0 bridgehead atoms. The quantitative estimate of drug-likeness (QED) is 0.265. The van der Waals surface area contributed by atoms with Gasteiger partial charge in [-0.15, -0.1) is 0 Å². The number of phenolic OH excluding ortho intramolecular Hbond substituents is 1. The topological polar surface area (TPSA) is 123 Å². The number of phenols is 1. The minimum atomic E-state index is -0.644. The van der Waals surface area contributed by atoms with Crippen molar-refractivity contribution >= 4 is 16.9 Å². The van der Waals surface area contributed by atoms with E-state index >= 15 is 0 Å². The predicted molar refractivity (Wildman–Crippen MR) is 141 cm³/mol. The third kappa shape index (κ3) is 4.14. The van der Waals surface area contributed by atoms with Gasteiger partial charge in [-0.1, -0.05) is 12.1 Å². The normalized spacial score (nSPS) is 14.4. The summed E-state index contributed by atoms with van der Waals surface area (Å²) in [5.74, 6) is 0.604. The van der Waals surface area contributed by atoms with E-state index < -0.39 is 17.3 Å². The van der Waals surface area contributed by atoms with Gasteiger partial charge in [-0.25, -0.2) is 0 Å². The lowest BCUT2D eigenvalue weighted by Gasteiger charge is -2.27. The number of rotatable bonds is 7. The van der Waals surface area contributed by atoms with Crippen molar-refractivity contribution in [3.8, 4) is 51.4 Å². The summed E-state index contributed by atoms with van der Waals surface area (Å²) in [7, 11) is 7.47. The first-order valence-electron chi connectivity index (χ1n) is 11.9. The number of ether oxygens (including phenoxy) is 6. The Kier molecular flexibility index (Phi) is 6.69. The lowest BCUT2D eigenvalue weighted by molar-refractivity contribution is -0.135. The zero-order chi connectivity index (χ0) is 27.8. The smallest absolute Gasteiger partial charge is 0.312 e. The Morgan fingerprint density at radius 2 is 1.51 bits per heavy atom. The van der Waals surface area contributed by atoms with Gasteiger partial charge in [0.1, 0.15) is 28.7 Å². The summed E-state index contributed by atoms with van der Waals surface area (Å²) < 4.78 is 38.7. The second-order valence-electron chi connectivity index (χ2n) is 8.71. The standard InChI is InChI=1S/C29H26O10/c1-33-19-8-6-14(10-21(19)35-3)17-13-38-29-24-16(15-7-9-20(34-2)28(37-5)27(15)36-4)11-23(31)39-22(24)12-18(30)25(29)26(17)32/h6-10,12-13,16,30H,11H2,1-5H3/t16-/m1/s1. The van der Waals surface area contributed by atoms with Gasteiger partial charge in [-0.05, 0) is 23.8 Å². The van der Waals surface area contributed by atoms with E-state index in [1.54, 1.807) is 30.3 Å². The van der Waals surface area contributed by atoms with Crippen LogP contribution in [0.15, 0.2) is 51.9 Å². The Hall–Kier alpha value is -4.86. The fourth-order valence-corrected chi connectivity index (χ4v) is 5.00. The van der Waals surface area contributed by atoms with Crippen molar-refractivity contribution in [1.82, 2.24) is 0 Å². The van der Waals surface area contributed by atoms with Crippen LogP contribution in [-0.2, 0) is 4.79 Å². The molecule has 1 aliphatic heterocycles. The van der Waals surface area contributed by atoms with Crippen molar-refractivity contribution in [2.45, 2.75) is 12.3 Å². The number of carbonyl (C=O) groups is 1. The first-order valence-corrected chi connectivity index (χ1v) is 11.9. The maximum atomic E-state index is 13.7. The van der Waals surface area contributed by atoms with Gasteiger partial charge < -0.3 is 37.9 Å². The van der Waals surface area contributed by atoms with E-state index in [2.05, 4.69) is 0 Å². The molecule has 3 aromatic carbocycles. The number of aromatic hydroxyl groups is 1. The fraction of sp³-hybridized carbons (Fsp3) is 0.241. The number of carbonyl (C=O) groups excluding carboxylic acids is 1. The van der Waals surface area contributed by atoms with Gasteiger partial charge in [0.2, 0.25) is 11.2 Å². The van der Waals surface area contributed by atoms with Gasteiger partial charge in [0, 0.05) is 23.1 Å². The molecule has 0 aliphatic carbocycles. The highest BCUT2D eigenvalue weighted by Gasteiger charge is 2.36. The van der Waals surface area contributed by atoms with E-state index in [1.165, 1.54) is 47.9 Å². The van der Waals surface area contributed by atoms with Crippen LogP contribution in [0.4, 0.5) is 0 Å². The molecule has 39 heavy (non-hydrogen) atoms. The Balaban J connectivity index is 1.76. The van der Waals surface area contributed by atoms with Crippen LogP contribution < -0.4 is 33.8 Å². The number of fused-ring (bicyclic) bond motifs is 3. The Bertz CT molecular complexity index is 1650. The molecule has 0 radical (unpaired) electrons. The second-order valence-corrected chi connectivity index (χ2v) is 8.71. The highest BCUT2D eigenvalue weighted by molar-refractivity contribution is 5.94. The van der Waals surface area contributed by atoms with Gasteiger partial charge >= 0.3 is 5.97 Å². The summed E-state index contributed by atoms with van der Waals surface area (Å²) in [5, 5.41) is 10.8. The van der Waals surface area contributed by atoms with Gasteiger partial charge in [0.05, 0.1) is 47.5 Å². The highest BCUT2D eigenvalue weighted by atomic mass is 16.5. The molecule has 0 amide bonds. The van der Waals surface area contributed by atoms with Crippen LogP contribution >= 0.6 is 0 Å². The SMILES string of the molecule is COc1ccc(-c2coc3c4c(cc(O)c3c2=O)OC(=O)C[C@@H]4c2ccc(OC)c(OC)c2OC)cc1OC. The third-order valence-electron chi connectivity index (χ3n) is 6.78. The Morgan fingerprint density at radius 3 is 2.18 bits per heavy atom. The van der Waals surface area contributed by atoms with Crippen LogP contribution in [-0.4, -0.2) is 46.6 Å². The summed E-state index contributed by atoms with van der Waals surface area (Å²) in [6, 6.07) is 9.71. The highest BCUT2D eigenvalue weighted by Crippen LogP contribution is 2.51. The average molecular weight is 535 g/mol. The van der Waals surface area contributed by atoms with E-state index in [9.17, 15) is 14.7 Å². The van der Waals surface area contributed by atoms with Crippen molar-refractivity contribution in [3.63, 3.8) is 0 Å². The first-order chi connectivity index (χ1) is 18.9. The maximum absolute atomic E-state index is 13.7. The average Bonchev–Trinajstić information content (AvgIpc) is 2.95. The first kappa shape index (κ1) is 25.8. The van der Waals surface area contributed by atoms with E-state index in [-0.39, 0.29) is 34.5 Å². The van der Waals surface area contributed by atoms with E-state index in [4.69, 9.17) is 32.8 Å². The summed E-state index contributed by atoms with van der Waals surface area (Å²) >= 11 is 0. The van der Waals surface area contributed by atoms with Crippen molar-refractivity contribution in [2.75, 3.05) is 35.5 Å². The van der Waals surface area contributed by atoms with E-state index in [1.807, 2.05) is 0 Å². The molecule has 1 aliphatic rings. The molecule has 202 valence electrons. The van der Waals surface area contributed by atoms with Crippen molar-refractivity contribution < 1.29 is 42.7 Å². The minimum absolute atomic E-state index is 0.0524. The number of hydrogen-bond donors (Lipinski definition) is 1. The lowest BCUT2D eigenvalue weighted by atomic mass is 9.84. The van der Waals surface area contributed by atoms with Crippen LogP contribution in [0.1, 0.15) is 23.5 Å². The van der Waals surface area contributed by atoms with Crippen molar-refractivity contribution in [1.29, 1.82) is 0 Å². The number of esters is 1. The minimum Gasteiger partial charge on any atom is -0.507 e. The molecule has 10 nitrogen and oxygen atoms in total. The van der Waals surface area contributed by atoms with Crippen LogP contribution in [0.5, 0.6) is 40.2 Å². The lowest BCUT2D eigenvalue weighted by Crippen LogP contribution is -2.22. The van der Waals surface area contributed by atoms with Crippen LogP contribution in [0.2, 0.25) is 0 Å². The summed E-state index contributed by atoms with van der Waals surface area (Å²) in [5.41, 5.74) is 1.33. The van der Waals surface area contributed by atoms with Gasteiger partial charge in [0.25, 0.3) is 0 Å². The van der Waals surface area contributed by atoms with Crippen LogP contribution in [0.25, 0.3) is 22.1 Å². The molecule has 10 heteroatoms. The molecule has 2 heterocycles. The number of benzene rings is 3. The fourth-order valence-electron chi connectivity index (χ4n) is 5.00. The molecule has 0 saturated heterocycles. The monoisotopic (exact) mass is 534 g/mol. The van der Waals surface area contributed by atoms with E-state index in [0.29, 0.717) is 45.4 Å². The molecule has 1 aromatic heterocycles. The predicted octanol–water partition coefficient (Wildman–Crippen LogP) is 4.65. The second kappa shape index (κ2) is 10.1. The molecular weight excluding hydrogens is 508 g/mol. The molecule has 5 rings (SSSR count). The Morgan fingerprint density at radius 1 is 0.821 bits per heavy atom. The van der Waals surface area contributed by atoms with Gasteiger partial charge in [0.15, 0.2) is 23.0 Å². The zero-order valence-corrected chi connectivity index (χ0v) is 21.9. The summed E-state index contributed by atoms with van der Waals surface area (Å²) in [6.07, 6.45) is 1.24. The van der Waals surface area contributed by atoms with Gasteiger partial charge in [-0.2, -0.15) is 0 Å². The van der Waals surface area contributed by atoms with Crippen molar-refractivity contribution in [3.05, 3.63) is 64.0 Å². The molecule has 1 N–H and O–H groups in total. The van der Waals surface area contributed by atoms with E-state index in [0.717, 1.165) is 0 Å². The molecule has 0 fully saturated rings. The molecule has 0 saturated carbocycles. The largest absolute Gasteiger partial charge is 0.507 e. The molecule has 0 unspecified atom stereocenters. The third-order valence-corrected chi connectivity index (χ3v) is 6.78. The molecule has 4 aromatic rings. The van der Waals surface area contributed by atoms with Crippen molar-refractivity contribution in [2.24, 2.45) is 0 Å². The zero-order valence-electron chi connectivity index (χ0n) is 21.9. The number of methoxy groups -OCH3 is 5. The Labute approximate surface area is 223 Å². The van der Waals surface area contributed by atoms with Crippen LogP contribution in [0, 0.1) is 0 Å². The van der Waals surface area contributed by atoms with Crippen LogP contribution in [0.3, 0.4) is 0 Å². The number of hydrogen-bond acceptors (Lipinski definition) is 10. The molecule has 1 atom stereocenters. The summed E-state index contributed by atoms with van der Waals surface area (Å²) in [4.78, 5) is 26.4. The summed E-state index contributed by atoms with van der Waals surface area (Å²) in [6.45, 7) is 0. The molecular formula is C29H26O10. The van der Waals surface area contributed by atoms with Gasteiger partial charge in [-0.3, -0.25) is 9.59 Å².